The Hall–Kier alpha value is -3.36. The molecule has 0 radical (unpaired) electrons. The summed E-state index contributed by atoms with van der Waals surface area (Å²) < 4.78 is 5.12. The van der Waals surface area contributed by atoms with Gasteiger partial charge in [0.15, 0.2) is 6.61 Å². The Labute approximate surface area is 180 Å². The highest BCUT2D eigenvalue weighted by Gasteiger charge is 2.29. The summed E-state index contributed by atoms with van der Waals surface area (Å²) in [7, 11) is 0. The molecule has 1 amide bonds. The summed E-state index contributed by atoms with van der Waals surface area (Å²) in [5.74, 6) is -1.47. The minimum absolute atomic E-state index is 0.148. The number of amides is 1. The van der Waals surface area contributed by atoms with E-state index in [-0.39, 0.29) is 10.6 Å². The first-order valence-corrected chi connectivity index (χ1v) is 9.95. The molecular formula is C21H13ClN2O5S. The van der Waals surface area contributed by atoms with E-state index in [2.05, 4.69) is 0 Å². The van der Waals surface area contributed by atoms with Gasteiger partial charge in [0.25, 0.3) is 11.6 Å². The van der Waals surface area contributed by atoms with Crippen LogP contribution < -0.4 is 4.90 Å². The second kappa shape index (κ2) is 8.17. The molecule has 0 fully saturated rings. The number of benzene rings is 3. The van der Waals surface area contributed by atoms with Crippen molar-refractivity contribution in [2.45, 2.75) is 9.79 Å². The average Bonchev–Trinajstić information content (AvgIpc) is 2.75. The Morgan fingerprint density at radius 1 is 1.00 bits per heavy atom. The van der Waals surface area contributed by atoms with Crippen molar-refractivity contribution in [3.8, 4) is 0 Å². The predicted molar refractivity (Wildman–Crippen MR) is 113 cm³/mol. The first kappa shape index (κ1) is 19.9. The van der Waals surface area contributed by atoms with Gasteiger partial charge < -0.3 is 4.74 Å². The van der Waals surface area contributed by atoms with Gasteiger partial charge in [0.2, 0.25) is 0 Å². The number of nitrogens with zero attached hydrogens (tertiary/aromatic N) is 2. The van der Waals surface area contributed by atoms with E-state index in [4.69, 9.17) is 16.3 Å². The van der Waals surface area contributed by atoms with E-state index in [9.17, 15) is 19.7 Å². The lowest BCUT2D eigenvalue weighted by atomic mass is 10.2. The lowest BCUT2D eigenvalue weighted by molar-refractivity contribution is -0.385. The topological polar surface area (TPSA) is 89.8 Å². The minimum Gasteiger partial charge on any atom is -0.452 e. The number of para-hydroxylation sites is 2. The molecule has 9 heteroatoms. The van der Waals surface area contributed by atoms with Crippen LogP contribution in [0.15, 0.2) is 76.5 Å². The Kier molecular flexibility index (Phi) is 5.43. The van der Waals surface area contributed by atoms with Crippen molar-refractivity contribution < 1.29 is 19.2 Å². The average molecular weight is 441 g/mol. The Balaban J connectivity index is 1.59. The van der Waals surface area contributed by atoms with E-state index in [0.29, 0.717) is 11.4 Å². The van der Waals surface area contributed by atoms with Crippen molar-refractivity contribution in [3.05, 3.63) is 87.4 Å². The molecule has 3 aromatic carbocycles. The minimum atomic E-state index is -0.995. The lowest BCUT2D eigenvalue weighted by Gasteiger charge is -2.30. The molecule has 0 bridgehead atoms. The van der Waals surface area contributed by atoms with E-state index < -0.39 is 29.1 Å². The van der Waals surface area contributed by atoms with Gasteiger partial charge >= 0.3 is 5.97 Å². The summed E-state index contributed by atoms with van der Waals surface area (Å²) in [5.41, 5.74) is 0.601. The van der Waals surface area contributed by atoms with Gasteiger partial charge in [-0.3, -0.25) is 19.8 Å². The zero-order valence-electron chi connectivity index (χ0n) is 15.3. The Morgan fingerprint density at radius 3 is 2.20 bits per heavy atom. The number of fused-ring (bicyclic) bond motifs is 2. The summed E-state index contributed by atoms with van der Waals surface area (Å²) >= 11 is 7.40. The van der Waals surface area contributed by atoms with Crippen LogP contribution in [0.1, 0.15) is 10.4 Å². The first-order valence-electron chi connectivity index (χ1n) is 8.75. The van der Waals surface area contributed by atoms with Crippen LogP contribution in [0.3, 0.4) is 0 Å². The summed E-state index contributed by atoms with van der Waals surface area (Å²) in [4.78, 5) is 39.2. The van der Waals surface area contributed by atoms with Crippen LogP contribution in [-0.2, 0) is 9.53 Å². The van der Waals surface area contributed by atoms with Crippen LogP contribution in [0.5, 0.6) is 0 Å². The molecular weight excluding hydrogens is 428 g/mol. The van der Waals surface area contributed by atoms with Crippen molar-refractivity contribution in [1.82, 2.24) is 0 Å². The van der Waals surface area contributed by atoms with Gasteiger partial charge in [-0.05, 0) is 36.4 Å². The molecule has 0 N–H and O–H groups in total. The molecule has 3 aromatic rings. The molecule has 0 spiro atoms. The van der Waals surface area contributed by atoms with E-state index in [1.165, 1.54) is 11.0 Å². The fourth-order valence-electron chi connectivity index (χ4n) is 3.07. The maximum atomic E-state index is 13.0. The normalized spacial score (nSPS) is 12.0. The molecule has 0 aliphatic carbocycles. The summed E-state index contributed by atoms with van der Waals surface area (Å²) in [6.07, 6.45) is 0. The fourth-order valence-corrected chi connectivity index (χ4v) is 4.30. The van der Waals surface area contributed by atoms with Crippen LogP contribution in [0, 0.1) is 10.1 Å². The molecule has 7 nitrogen and oxygen atoms in total. The highest BCUT2D eigenvalue weighted by molar-refractivity contribution is 7.99. The van der Waals surface area contributed by atoms with Gasteiger partial charge in [-0.25, -0.2) is 4.79 Å². The van der Waals surface area contributed by atoms with Crippen molar-refractivity contribution in [2.24, 2.45) is 0 Å². The van der Waals surface area contributed by atoms with Gasteiger partial charge in [0.1, 0.15) is 5.56 Å². The van der Waals surface area contributed by atoms with Gasteiger partial charge in [-0.2, -0.15) is 0 Å². The van der Waals surface area contributed by atoms with E-state index in [1.807, 2.05) is 36.4 Å². The molecule has 0 saturated heterocycles. The third-order valence-electron chi connectivity index (χ3n) is 4.38. The van der Waals surface area contributed by atoms with Crippen LogP contribution in [0.25, 0.3) is 0 Å². The molecule has 1 aliphatic heterocycles. The molecule has 0 atom stereocenters. The predicted octanol–water partition coefficient (Wildman–Crippen LogP) is 5.23. The SMILES string of the molecule is O=C(OCC(=O)N1c2ccccc2Sc2ccccc21)c1cc(Cl)ccc1[N+](=O)[O-]. The van der Waals surface area contributed by atoms with E-state index in [1.54, 1.807) is 23.9 Å². The number of anilines is 2. The third kappa shape index (κ3) is 3.74. The number of carbonyl (C=O) groups excluding carboxylic acids is 2. The molecule has 30 heavy (non-hydrogen) atoms. The summed E-state index contributed by atoms with van der Waals surface area (Å²) in [5, 5.41) is 11.3. The largest absolute Gasteiger partial charge is 0.452 e. The molecule has 0 unspecified atom stereocenters. The number of ether oxygens (including phenoxy) is 1. The van der Waals surface area contributed by atoms with Crippen LogP contribution in [-0.4, -0.2) is 23.4 Å². The number of nitro benzene ring substituents is 1. The van der Waals surface area contributed by atoms with E-state index >= 15 is 0 Å². The highest BCUT2D eigenvalue weighted by Crippen LogP contribution is 2.47. The summed E-state index contributed by atoms with van der Waals surface area (Å²) in [6, 6.07) is 18.4. The van der Waals surface area contributed by atoms with Crippen molar-refractivity contribution in [3.63, 3.8) is 0 Å². The lowest BCUT2D eigenvalue weighted by Crippen LogP contribution is -2.32. The number of carbonyl (C=O) groups is 2. The van der Waals surface area contributed by atoms with Crippen LogP contribution >= 0.6 is 23.4 Å². The first-order chi connectivity index (χ1) is 14.5. The maximum Gasteiger partial charge on any atom is 0.345 e. The summed E-state index contributed by atoms with van der Waals surface area (Å²) in [6.45, 7) is -0.587. The zero-order chi connectivity index (χ0) is 21.3. The molecule has 4 rings (SSSR count). The number of nitro groups is 1. The smallest absolute Gasteiger partial charge is 0.345 e. The highest BCUT2D eigenvalue weighted by atomic mass is 35.5. The van der Waals surface area contributed by atoms with Crippen LogP contribution in [0.4, 0.5) is 17.1 Å². The van der Waals surface area contributed by atoms with Crippen molar-refractivity contribution in [1.29, 1.82) is 0 Å². The van der Waals surface area contributed by atoms with Gasteiger partial charge in [0, 0.05) is 20.9 Å². The molecule has 150 valence electrons. The quantitative estimate of drug-likeness (QED) is 0.313. The van der Waals surface area contributed by atoms with Gasteiger partial charge in [0.05, 0.1) is 16.3 Å². The number of hydrogen-bond acceptors (Lipinski definition) is 6. The molecule has 1 aliphatic rings. The zero-order valence-corrected chi connectivity index (χ0v) is 16.9. The molecule has 1 heterocycles. The Bertz CT molecular complexity index is 1140. The number of halogens is 1. The van der Waals surface area contributed by atoms with Crippen LogP contribution in [0.2, 0.25) is 5.02 Å². The second-order valence-electron chi connectivity index (χ2n) is 6.26. The number of rotatable bonds is 4. The van der Waals surface area contributed by atoms with Crippen molar-refractivity contribution >= 4 is 52.3 Å². The number of hydrogen-bond donors (Lipinski definition) is 0. The third-order valence-corrected chi connectivity index (χ3v) is 5.75. The monoisotopic (exact) mass is 440 g/mol. The molecule has 0 aromatic heterocycles. The number of esters is 1. The van der Waals surface area contributed by atoms with E-state index in [0.717, 1.165) is 21.9 Å². The fraction of sp³-hybridized carbons (Fsp3) is 0.0476. The standard InChI is InChI=1S/C21H13ClN2O5S/c22-13-9-10-15(24(27)28)14(11-13)21(26)29-12-20(25)23-16-5-1-3-7-18(16)30-19-8-4-2-6-17(19)23/h1-11H,12H2. The molecule has 0 saturated carbocycles. The van der Waals surface area contributed by atoms with Gasteiger partial charge in [-0.1, -0.05) is 47.6 Å². The van der Waals surface area contributed by atoms with Gasteiger partial charge in [-0.15, -0.1) is 0 Å². The second-order valence-corrected chi connectivity index (χ2v) is 7.78. The maximum absolute atomic E-state index is 13.0. The van der Waals surface area contributed by atoms with Crippen molar-refractivity contribution in [2.75, 3.05) is 11.5 Å². The Morgan fingerprint density at radius 2 is 1.60 bits per heavy atom.